The number of fused-ring (bicyclic) bond motifs is 1. The Morgan fingerprint density at radius 2 is 1.83 bits per heavy atom. The fraction of sp³-hybridized carbons (Fsp3) is 0.227. The van der Waals surface area contributed by atoms with Crippen LogP contribution in [0, 0.1) is 6.92 Å². The van der Waals surface area contributed by atoms with Gasteiger partial charge in [0.1, 0.15) is 11.3 Å². The van der Waals surface area contributed by atoms with Crippen LogP contribution in [0.2, 0.25) is 0 Å². The van der Waals surface area contributed by atoms with Crippen LogP contribution in [0.3, 0.4) is 0 Å². The van der Waals surface area contributed by atoms with Gasteiger partial charge in [-0.1, -0.05) is 18.2 Å². The first kappa shape index (κ1) is 20.1. The van der Waals surface area contributed by atoms with Gasteiger partial charge >= 0.3 is 11.6 Å². The molecule has 0 fully saturated rings. The largest absolute Gasteiger partial charge is 0.482 e. The molecule has 1 atom stereocenters. The third kappa shape index (κ3) is 4.82. The number of benzene rings is 2. The third-order valence-corrected chi connectivity index (χ3v) is 4.41. The van der Waals surface area contributed by atoms with E-state index in [1.807, 2.05) is 25.1 Å². The number of anilines is 1. The minimum atomic E-state index is -0.964. The van der Waals surface area contributed by atoms with Crippen molar-refractivity contribution in [3.63, 3.8) is 0 Å². The maximum absolute atomic E-state index is 12.4. The van der Waals surface area contributed by atoms with Crippen molar-refractivity contribution >= 4 is 28.5 Å². The number of likely N-dealkylation sites (N-methyl/N-ethyl adjacent to an activating group) is 1. The standard InChI is InChI=1S/C22H21NO6/c1-14-11-20(24)29-19-12-17(9-10-18(14)19)27-13-21(25)28-15(2)22(26)23(3)16-7-5-4-6-8-16/h4-12,15H,13H2,1-3H3/t15-/m1/s1. The maximum atomic E-state index is 12.4. The molecule has 0 aliphatic heterocycles. The van der Waals surface area contributed by atoms with Crippen molar-refractivity contribution in [1.29, 1.82) is 0 Å². The van der Waals surface area contributed by atoms with Crippen molar-refractivity contribution in [3.8, 4) is 5.75 Å². The molecule has 0 spiro atoms. The first-order valence-electron chi connectivity index (χ1n) is 9.04. The molecule has 1 amide bonds. The minimum Gasteiger partial charge on any atom is -0.482 e. The van der Waals surface area contributed by atoms with Gasteiger partial charge in [0.15, 0.2) is 12.7 Å². The first-order valence-corrected chi connectivity index (χ1v) is 9.04. The normalized spacial score (nSPS) is 11.7. The molecule has 3 rings (SSSR count). The zero-order chi connectivity index (χ0) is 21.0. The molecule has 3 aromatic rings. The predicted molar refractivity (Wildman–Crippen MR) is 108 cm³/mol. The van der Waals surface area contributed by atoms with E-state index in [1.54, 1.807) is 31.3 Å². The molecule has 0 saturated heterocycles. The minimum absolute atomic E-state index is 0.351. The molecule has 1 heterocycles. The van der Waals surface area contributed by atoms with E-state index in [9.17, 15) is 14.4 Å². The summed E-state index contributed by atoms with van der Waals surface area (Å²) in [6.45, 7) is 2.93. The predicted octanol–water partition coefficient (Wildman–Crippen LogP) is 3.07. The van der Waals surface area contributed by atoms with Crippen LogP contribution in [-0.4, -0.2) is 31.6 Å². The van der Waals surface area contributed by atoms with Crippen LogP contribution in [0.4, 0.5) is 5.69 Å². The molecule has 0 aliphatic rings. The van der Waals surface area contributed by atoms with Crippen molar-refractivity contribution < 1.29 is 23.5 Å². The Labute approximate surface area is 167 Å². The van der Waals surface area contributed by atoms with Crippen LogP contribution >= 0.6 is 0 Å². The van der Waals surface area contributed by atoms with E-state index in [1.165, 1.54) is 24.0 Å². The van der Waals surface area contributed by atoms with Gasteiger partial charge in [0, 0.05) is 30.3 Å². The van der Waals surface area contributed by atoms with E-state index in [4.69, 9.17) is 13.9 Å². The average Bonchev–Trinajstić information content (AvgIpc) is 2.71. The van der Waals surface area contributed by atoms with Gasteiger partial charge in [-0.05, 0) is 43.7 Å². The van der Waals surface area contributed by atoms with Crippen LogP contribution < -0.4 is 15.3 Å². The molecular formula is C22H21NO6. The summed E-state index contributed by atoms with van der Waals surface area (Å²) in [5, 5.41) is 0.780. The van der Waals surface area contributed by atoms with Crippen LogP contribution in [-0.2, 0) is 14.3 Å². The molecule has 0 unspecified atom stereocenters. The fourth-order valence-corrected chi connectivity index (χ4v) is 2.87. The van der Waals surface area contributed by atoms with Gasteiger partial charge in [-0.25, -0.2) is 9.59 Å². The lowest BCUT2D eigenvalue weighted by atomic mass is 10.1. The summed E-state index contributed by atoms with van der Waals surface area (Å²) in [7, 11) is 1.61. The second kappa shape index (κ2) is 8.60. The quantitative estimate of drug-likeness (QED) is 0.471. The Bertz CT molecular complexity index is 1090. The summed E-state index contributed by atoms with van der Waals surface area (Å²) in [6, 6.07) is 15.4. The average molecular weight is 395 g/mol. The monoisotopic (exact) mass is 395 g/mol. The Morgan fingerprint density at radius 1 is 1.10 bits per heavy atom. The number of amides is 1. The molecule has 0 saturated carbocycles. The lowest BCUT2D eigenvalue weighted by molar-refractivity contribution is -0.155. The molecule has 0 bridgehead atoms. The van der Waals surface area contributed by atoms with E-state index in [2.05, 4.69) is 0 Å². The number of ether oxygens (including phenoxy) is 2. The third-order valence-electron chi connectivity index (χ3n) is 4.41. The zero-order valence-electron chi connectivity index (χ0n) is 16.4. The number of hydrogen-bond acceptors (Lipinski definition) is 6. The summed E-state index contributed by atoms with van der Waals surface area (Å²) < 4.78 is 15.7. The molecule has 0 N–H and O–H groups in total. The van der Waals surface area contributed by atoms with Gasteiger partial charge in [0.05, 0.1) is 0 Å². The Kier molecular flexibility index (Phi) is 5.97. The van der Waals surface area contributed by atoms with Crippen molar-refractivity contribution in [1.82, 2.24) is 0 Å². The first-order chi connectivity index (χ1) is 13.8. The highest BCUT2D eigenvalue weighted by atomic mass is 16.6. The van der Waals surface area contributed by atoms with E-state index in [-0.39, 0.29) is 12.5 Å². The molecule has 7 heteroatoms. The number of carbonyl (C=O) groups is 2. The highest BCUT2D eigenvalue weighted by Crippen LogP contribution is 2.22. The number of carbonyl (C=O) groups excluding carboxylic acids is 2. The molecule has 29 heavy (non-hydrogen) atoms. The van der Waals surface area contributed by atoms with E-state index < -0.39 is 17.7 Å². The van der Waals surface area contributed by atoms with E-state index in [0.717, 1.165) is 10.9 Å². The molecule has 150 valence electrons. The Balaban J connectivity index is 1.58. The molecular weight excluding hydrogens is 374 g/mol. The van der Waals surface area contributed by atoms with Crippen LogP contribution in [0.5, 0.6) is 5.75 Å². The van der Waals surface area contributed by atoms with Gasteiger partial charge in [-0.15, -0.1) is 0 Å². The van der Waals surface area contributed by atoms with Crippen LogP contribution in [0.15, 0.2) is 63.8 Å². The Hall–Kier alpha value is -3.61. The van der Waals surface area contributed by atoms with Crippen LogP contribution in [0.25, 0.3) is 11.0 Å². The molecule has 7 nitrogen and oxygen atoms in total. The number of rotatable bonds is 6. The van der Waals surface area contributed by atoms with E-state index >= 15 is 0 Å². The number of hydrogen-bond donors (Lipinski definition) is 0. The van der Waals surface area contributed by atoms with Gasteiger partial charge in [-0.3, -0.25) is 4.79 Å². The summed E-state index contributed by atoms with van der Waals surface area (Å²) >= 11 is 0. The number of aryl methyl sites for hydroxylation is 1. The summed E-state index contributed by atoms with van der Waals surface area (Å²) in [6.07, 6.45) is -0.964. The molecule has 2 aromatic carbocycles. The van der Waals surface area contributed by atoms with Crippen molar-refractivity contribution in [2.24, 2.45) is 0 Å². The molecule has 0 radical (unpaired) electrons. The van der Waals surface area contributed by atoms with Gasteiger partial charge in [0.25, 0.3) is 5.91 Å². The number of nitrogens with zero attached hydrogens (tertiary/aromatic N) is 1. The maximum Gasteiger partial charge on any atom is 0.344 e. The van der Waals surface area contributed by atoms with E-state index in [0.29, 0.717) is 17.0 Å². The van der Waals surface area contributed by atoms with Crippen molar-refractivity contribution in [2.45, 2.75) is 20.0 Å². The van der Waals surface area contributed by atoms with Crippen LogP contribution in [0.1, 0.15) is 12.5 Å². The number of esters is 1. The van der Waals surface area contributed by atoms with Gasteiger partial charge in [0.2, 0.25) is 0 Å². The van der Waals surface area contributed by atoms with Gasteiger partial charge < -0.3 is 18.8 Å². The van der Waals surface area contributed by atoms with Crippen molar-refractivity contribution in [2.75, 3.05) is 18.6 Å². The smallest absolute Gasteiger partial charge is 0.344 e. The highest BCUT2D eigenvalue weighted by molar-refractivity contribution is 5.96. The lowest BCUT2D eigenvalue weighted by Crippen LogP contribution is -2.38. The second-order valence-electron chi connectivity index (χ2n) is 6.56. The summed E-state index contributed by atoms with van der Waals surface area (Å²) in [5.41, 5.74) is 1.40. The number of para-hydroxylation sites is 1. The van der Waals surface area contributed by atoms with Gasteiger partial charge in [-0.2, -0.15) is 0 Å². The fourth-order valence-electron chi connectivity index (χ4n) is 2.87. The van der Waals surface area contributed by atoms with Crippen molar-refractivity contribution in [3.05, 3.63) is 70.6 Å². The topological polar surface area (TPSA) is 86.0 Å². The Morgan fingerprint density at radius 3 is 2.55 bits per heavy atom. The zero-order valence-corrected chi connectivity index (χ0v) is 16.4. The second-order valence-corrected chi connectivity index (χ2v) is 6.56. The molecule has 1 aromatic heterocycles. The summed E-state index contributed by atoms with van der Waals surface area (Å²) in [5.74, 6) is -0.686. The lowest BCUT2D eigenvalue weighted by Gasteiger charge is -2.21. The highest BCUT2D eigenvalue weighted by Gasteiger charge is 2.22. The SMILES string of the molecule is Cc1cc(=O)oc2cc(OCC(=O)O[C@H](C)C(=O)N(C)c3ccccc3)ccc12. The summed E-state index contributed by atoms with van der Waals surface area (Å²) in [4.78, 5) is 37.4. The molecule has 0 aliphatic carbocycles.